The maximum atomic E-state index is 6.21. The number of hydrogen-bond acceptors (Lipinski definition) is 3. The average molecular weight is 273 g/mol. The lowest BCUT2D eigenvalue weighted by atomic mass is 9.88. The molecule has 3 nitrogen and oxygen atoms in total. The molecular formula is C17H27N3. The second-order valence-electron chi connectivity index (χ2n) is 6.51. The van der Waals surface area contributed by atoms with Gasteiger partial charge in [0, 0.05) is 37.8 Å². The van der Waals surface area contributed by atoms with E-state index in [1.54, 1.807) is 0 Å². The molecular weight excluding hydrogens is 246 g/mol. The molecule has 1 saturated heterocycles. The monoisotopic (exact) mass is 273 g/mol. The second-order valence-corrected chi connectivity index (χ2v) is 6.51. The number of likely N-dealkylation sites (N-methyl/N-ethyl adjacent to an activating group) is 1. The fourth-order valence-electron chi connectivity index (χ4n) is 3.84. The van der Waals surface area contributed by atoms with Crippen molar-refractivity contribution in [1.82, 2.24) is 9.80 Å². The Labute approximate surface area is 122 Å². The summed E-state index contributed by atoms with van der Waals surface area (Å²) >= 11 is 0. The molecule has 2 aliphatic rings. The Kier molecular flexibility index (Phi) is 4.39. The van der Waals surface area contributed by atoms with Gasteiger partial charge >= 0.3 is 0 Å². The van der Waals surface area contributed by atoms with Gasteiger partial charge in [-0.15, -0.1) is 0 Å². The number of benzene rings is 1. The van der Waals surface area contributed by atoms with E-state index >= 15 is 0 Å². The standard InChI is InChI=1S/C17H27N3/c1-19-10-11-20(16-9-5-8-15(18)12-16)17(13-19)14-6-3-2-4-7-14/h2-4,6-7,15-17H,5,8-13,18H2,1H3. The zero-order valence-electron chi connectivity index (χ0n) is 12.5. The Morgan fingerprint density at radius 2 is 1.90 bits per heavy atom. The van der Waals surface area contributed by atoms with Crippen LogP contribution in [0.2, 0.25) is 0 Å². The van der Waals surface area contributed by atoms with Crippen molar-refractivity contribution in [3.05, 3.63) is 35.9 Å². The zero-order chi connectivity index (χ0) is 13.9. The third kappa shape index (κ3) is 3.05. The summed E-state index contributed by atoms with van der Waals surface area (Å²) in [6, 6.07) is 12.6. The van der Waals surface area contributed by atoms with Gasteiger partial charge in [-0.3, -0.25) is 4.90 Å². The molecule has 3 rings (SSSR count). The maximum absolute atomic E-state index is 6.21. The van der Waals surface area contributed by atoms with Crippen molar-refractivity contribution in [2.75, 3.05) is 26.7 Å². The minimum atomic E-state index is 0.407. The maximum Gasteiger partial charge on any atom is 0.0478 e. The van der Waals surface area contributed by atoms with E-state index in [4.69, 9.17) is 5.73 Å². The van der Waals surface area contributed by atoms with E-state index in [1.165, 1.54) is 44.3 Å². The molecule has 1 aliphatic heterocycles. The van der Waals surface area contributed by atoms with Crippen molar-refractivity contribution >= 4 is 0 Å². The zero-order valence-corrected chi connectivity index (χ0v) is 12.5. The molecule has 110 valence electrons. The topological polar surface area (TPSA) is 32.5 Å². The molecule has 3 heteroatoms. The van der Waals surface area contributed by atoms with E-state index in [0.717, 1.165) is 6.54 Å². The number of nitrogens with two attached hydrogens (primary N) is 1. The molecule has 0 amide bonds. The molecule has 20 heavy (non-hydrogen) atoms. The molecule has 1 aliphatic carbocycles. The third-order valence-corrected chi connectivity index (χ3v) is 4.97. The van der Waals surface area contributed by atoms with E-state index in [2.05, 4.69) is 47.2 Å². The summed E-state index contributed by atoms with van der Waals surface area (Å²) in [5, 5.41) is 0. The van der Waals surface area contributed by atoms with Gasteiger partial charge in [-0.2, -0.15) is 0 Å². The Hall–Kier alpha value is -0.900. The predicted octanol–water partition coefficient (Wildman–Crippen LogP) is 2.24. The molecule has 0 spiro atoms. The van der Waals surface area contributed by atoms with E-state index < -0.39 is 0 Å². The first-order chi connectivity index (χ1) is 9.74. The van der Waals surface area contributed by atoms with Gasteiger partial charge in [0.2, 0.25) is 0 Å². The van der Waals surface area contributed by atoms with Crippen molar-refractivity contribution in [2.45, 2.75) is 43.8 Å². The van der Waals surface area contributed by atoms with E-state index in [0.29, 0.717) is 18.1 Å². The Bertz CT molecular complexity index is 420. The smallest absolute Gasteiger partial charge is 0.0478 e. The summed E-state index contributed by atoms with van der Waals surface area (Å²) < 4.78 is 0. The minimum Gasteiger partial charge on any atom is -0.328 e. The molecule has 3 atom stereocenters. The first-order valence-corrected chi connectivity index (χ1v) is 7.99. The van der Waals surface area contributed by atoms with E-state index in [9.17, 15) is 0 Å². The molecule has 2 N–H and O–H groups in total. The molecule has 1 aromatic rings. The van der Waals surface area contributed by atoms with Gasteiger partial charge in [-0.25, -0.2) is 0 Å². The highest BCUT2D eigenvalue weighted by Crippen LogP contribution is 2.32. The van der Waals surface area contributed by atoms with E-state index in [1.807, 2.05) is 0 Å². The summed E-state index contributed by atoms with van der Waals surface area (Å²) in [5.41, 5.74) is 7.66. The summed E-state index contributed by atoms with van der Waals surface area (Å²) in [6.07, 6.45) is 4.99. The fraction of sp³-hybridized carbons (Fsp3) is 0.647. The molecule has 0 radical (unpaired) electrons. The van der Waals surface area contributed by atoms with Crippen LogP contribution >= 0.6 is 0 Å². The van der Waals surface area contributed by atoms with Crippen molar-refractivity contribution < 1.29 is 0 Å². The summed E-state index contributed by atoms with van der Waals surface area (Å²) in [5.74, 6) is 0. The molecule has 3 unspecified atom stereocenters. The SMILES string of the molecule is CN1CCN(C2CCCC(N)C2)C(c2ccccc2)C1. The van der Waals surface area contributed by atoms with Crippen LogP contribution in [0, 0.1) is 0 Å². The van der Waals surface area contributed by atoms with Gasteiger partial charge in [0.1, 0.15) is 0 Å². The lowest BCUT2D eigenvalue weighted by Crippen LogP contribution is -2.53. The average Bonchev–Trinajstić information content (AvgIpc) is 2.48. The van der Waals surface area contributed by atoms with Gasteiger partial charge in [-0.05, 0) is 31.9 Å². The highest BCUT2D eigenvalue weighted by molar-refractivity contribution is 5.20. The molecule has 1 saturated carbocycles. The van der Waals surface area contributed by atoms with Gasteiger partial charge in [-0.1, -0.05) is 36.8 Å². The van der Waals surface area contributed by atoms with Crippen LogP contribution in [0.4, 0.5) is 0 Å². The normalized spacial score (nSPS) is 33.2. The van der Waals surface area contributed by atoms with Crippen molar-refractivity contribution in [1.29, 1.82) is 0 Å². The number of piperazine rings is 1. The van der Waals surface area contributed by atoms with Crippen LogP contribution in [0.25, 0.3) is 0 Å². The largest absolute Gasteiger partial charge is 0.328 e. The Morgan fingerprint density at radius 1 is 1.10 bits per heavy atom. The van der Waals surface area contributed by atoms with Crippen LogP contribution in [-0.4, -0.2) is 48.6 Å². The number of hydrogen-bond donors (Lipinski definition) is 1. The molecule has 1 aromatic carbocycles. The lowest BCUT2D eigenvalue weighted by molar-refractivity contribution is 0.0333. The van der Waals surface area contributed by atoms with Gasteiger partial charge in [0.15, 0.2) is 0 Å². The van der Waals surface area contributed by atoms with Crippen LogP contribution in [0.15, 0.2) is 30.3 Å². The van der Waals surface area contributed by atoms with Gasteiger partial charge in [0.05, 0.1) is 0 Å². The number of nitrogens with zero attached hydrogens (tertiary/aromatic N) is 2. The van der Waals surface area contributed by atoms with Crippen molar-refractivity contribution in [3.63, 3.8) is 0 Å². The molecule has 1 heterocycles. The molecule has 2 fully saturated rings. The van der Waals surface area contributed by atoms with E-state index in [-0.39, 0.29) is 0 Å². The Morgan fingerprint density at radius 3 is 2.65 bits per heavy atom. The first-order valence-electron chi connectivity index (χ1n) is 7.99. The van der Waals surface area contributed by atoms with Crippen molar-refractivity contribution in [2.24, 2.45) is 5.73 Å². The van der Waals surface area contributed by atoms with Gasteiger partial charge in [0.25, 0.3) is 0 Å². The minimum absolute atomic E-state index is 0.407. The van der Waals surface area contributed by atoms with Crippen LogP contribution in [0.3, 0.4) is 0 Å². The van der Waals surface area contributed by atoms with Crippen LogP contribution in [-0.2, 0) is 0 Å². The highest BCUT2D eigenvalue weighted by Gasteiger charge is 2.33. The van der Waals surface area contributed by atoms with Crippen LogP contribution in [0.5, 0.6) is 0 Å². The lowest BCUT2D eigenvalue weighted by Gasteiger charge is -2.46. The van der Waals surface area contributed by atoms with Gasteiger partial charge < -0.3 is 10.6 Å². The van der Waals surface area contributed by atoms with Crippen LogP contribution in [0.1, 0.15) is 37.3 Å². The third-order valence-electron chi connectivity index (χ3n) is 4.97. The Balaban J connectivity index is 1.79. The van der Waals surface area contributed by atoms with Crippen LogP contribution < -0.4 is 5.73 Å². The first kappa shape index (κ1) is 14.1. The second kappa shape index (κ2) is 6.25. The summed E-state index contributed by atoms with van der Waals surface area (Å²) in [6.45, 7) is 3.48. The fourth-order valence-corrected chi connectivity index (χ4v) is 3.84. The van der Waals surface area contributed by atoms with Crippen molar-refractivity contribution in [3.8, 4) is 0 Å². The molecule has 0 bridgehead atoms. The number of rotatable bonds is 2. The summed E-state index contributed by atoms with van der Waals surface area (Å²) in [7, 11) is 2.24. The summed E-state index contributed by atoms with van der Waals surface area (Å²) in [4.78, 5) is 5.19. The quantitative estimate of drug-likeness (QED) is 0.897. The highest BCUT2D eigenvalue weighted by atomic mass is 15.3. The predicted molar refractivity (Wildman–Crippen MR) is 83.6 cm³/mol. The molecule has 0 aromatic heterocycles.